The number of aromatic nitrogens is 1. The summed E-state index contributed by atoms with van der Waals surface area (Å²) in [5.74, 6) is 2.72. The molecule has 2 aliphatic heterocycles. The van der Waals surface area contributed by atoms with Gasteiger partial charge in [0.15, 0.2) is 5.78 Å². The third kappa shape index (κ3) is 2.91. The van der Waals surface area contributed by atoms with Crippen molar-refractivity contribution in [2.75, 3.05) is 18.1 Å². The van der Waals surface area contributed by atoms with E-state index in [4.69, 9.17) is 4.74 Å². The third-order valence-corrected chi connectivity index (χ3v) is 5.43. The van der Waals surface area contributed by atoms with Crippen LogP contribution < -0.4 is 0 Å². The van der Waals surface area contributed by atoms with Gasteiger partial charge in [-0.25, -0.2) is 0 Å². The maximum absolute atomic E-state index is 12.7. The molecule has 0 radical (unpaired) electrons. The van der Waals surface area contributed by atoms with E-state index < -0.39 is 0 Å². The average Bonchev–Trinajstić information content (AvgIpc) is 2.47. The number of ether oxygens (including phenoxy) is 1. The van der Waals surface area contributed by atoms with Crippen molar-refractivity contribution in [1.29, 1.82) is 0 Å². The minimum atomic E-state index is -0.0219. The second-order valence-electron chi connectivity index (χ2n) is 5.88. The van der Waals surface area contributed by atoms with Crippen molar-refractivity contribution in [3.8, 4) is 0 Å². The van der Waals surface area contributed by atoms with Crippen LogP contribution in [0.3, 0.4) is 0 Å². The van der Waals surface area contributed by atoms with Crippen LogP contribution in [-0.2, 0) is 4.74 Å². The van der Waals surface area contributed by atoms with Crippen LogP contribution in [-0.4, -0.2) is 34.5 Å². The van der Waals surface area contributed by atoms with Crippen molar-refractivity contribution in [2.45, 2.75) is 38.2 Å². The molecule has 0 aliphatic carbocycles. The van der Waals surface area contributed by atoms with E-state index in [1.54, 1.807) is 6.20 Å². The van der Waals surface area contributed by atoms with Gasteiger partial charge in [0, 0.05) is 30.0 Å². The summed E-state index contributed by atoms with van der Waals surface area (Å²) in [6, 6.07) is 3.75. The van der Waals surface area contributed by atoms with Gasteiger partial charge in [0.05, 0.1) is 5.60 Å². The molecule has 0 bridgehead atoms. The van der Waals surface area contributed by atoms with Gasteiger partial charge in [-0.15, -0.1) is 0 Å². The molecule has 3 nitrogen and oxygen atoms in total. The number of rotatable bonds is 2. The normalized spacial score (nSPS) is 25.6. The molecule has 1 spiro atoms. The van der Waals surface area contributed by atoms with Crippen molar-refractivity contribution in [1.82, 2.24) is 4.98 Å². The first-order chi connectivity index (χ1) is 9.69. The molecule has 0 N–H and O–H groups in total. The monoisotopic (exact) mass is 291 g/mol. The van der Waals surface area contributed by atoms with Crippen LogP contribution in [0.4, 0.5) is 0 Å². The summed E-state index contributed by atoms with van der Waals surface area (Å²) in [4.78, 5) is 16.9. The van der Waals surface area contributed by atoms with Crippen molar-refractivity contribution >= 4 is 17.5 Å². The molecule has 1 unspecified atom stereocenters. The van der Waals surface area contributed by atoms with Crippen LogP contribution in [0.2, 0.25) is 0 Å². The molecule has 0 aromatic carbocycles. The standard InChI is InChI=1S/C16H21NO2S/c1-12-10-13(2-6-17-12)15(18)14-3-7-19-16(11-14)4-8-20-9-5-16/h2,6,10,14H,3-5,7-9,11H2,1H3. The van der Waals surface area contributed by atoms with E-state index in [0.29, 0.717) is 0 Å². The highest BCUT2D eigenvalue weighted by Gasteiger charge is 2.41. The molecule has 2 saturated heterocycles. The van der Waals surface area contributed by atoms with Crippen LogP contribution in [0.25, 0.3) is 0 Å². The van der Waals surface area contributed by atoms with Gasteiger partial charge in [0.2, 0.25) is 0 Å². The Hall–Kier alpha value is -0.870. The number of carbonyl (C=O) groups excluding carboxylic acids is 1. The highest BCUT2D eigenvalue weighted by molar-refractivity contribution is 7.99. The average molecular weight is 291 g/mol. The van der Waals surface area contributed by atoms with Gasteiger partial charge in [0.25, 0.3) is 0 Å². The number of ketones is 1. The fourth-order valence-corrected chi connectivity index (χ4v) is 4.51. The highest BCUT2D eigenvalue weighted by atomic mass is 32.2. The lowest BCUT2D eigenvalue weighted by Gasteiger charge is -2.42. The molecule has 108 valence electrons. The fraction of sp³-hybridized carbons (Fsp3) is 0.625. The van der Waals surface area contributed by atoms with E-state index in [1.807, 2.05) is 30.8 Å². The number of Topliss-reactive ketones (excluding diaryl/α,β-unsaturated/α-hetero) is 1. The van der Waals surface area contributed by atoms with Crippen molar-refractivity contribution in [3.05, 3.63) is 29.6 Å². The maximum atomic E-state index is 12.7. The predicted molar refractivity (Wildman–Crippen MR) is 81.3 cm³/mol. The van der Waals surface area contributed by atoms with Gasteiger partial charge in [0.1, 0.15) is 0 Å². The van der Waals surface area contributed by atoms with E-state index in [-0.39, 0.29) is 17.3 Å². The van der Waals surface area contributed by atoms with Crippen molar-refractivity contribution in [2.24, 2.45) is 5.92 Å². The van der Waals surface area contributed by atoms with E-state index in [2.05, 4.69) is 4.98 Å². The Morgan fingerprint density at radius 2 is 2.25 bits per heavy atom. The minimum absolute atomic E-state index is 0.0219. The smallest absolute Gasteiger partial charge is 0.166 e. The Morgan fingerprint density at radius 1 is 1.45 bits per heavy atom. The molecule has 2 fully saturated rings. The van der Waals surface area contributed by atoms with Gasteiger partial charge in [-0.05, 0) is 56.2 Å². The minimum Gasteiger partial charge on any atom is -0.375 e. The molecule has 4 heteroatoms. The van der Waals surface area contributed by atoms with E-state index in [9.17, 15) is 4.79 Å². The molecular formula is C16H21NO2S. The SMILES string of the molecule is Cc1cc(C(=O)C2CCOC3(CCSCC3)C2)ccn1. The van der Waals surface area contributed by atoms with Gasteiger partial charge in [-0.1, -0.05) is 0 Å². The number of aryl methyl sites for hydroxylation is 1. The van der Waals surface area contributed by atoms with E-state index in [1.165, 1.54) is 0 Å². The van der Waals surface area contributed by atoms with Crippen LogP contribution in [0.1, 0.15) is 41.7 Å². The number of hydrogen-bond acceptors (Lipinski definition) is 4. The zero-order chi connectivity index (χ0) is 14.0. The number of pyridine rings is 1. The number of carbonyl (C=O) groups is 1. The fourth-order valence-electron chi connectivity index (χ4n) is 3.28. The summed E-state index contributed by atoms with van der Waals surface area (Å²) in [6.07, 6.45) is 5.67. The molecule has 3 heterocycles. The zero-order valence-corrected chi connectivity index (χ0v) is 12.7. The first-order valence-electron chi connectivity index (χ1n) is 7.37. The highest BCUT2D eigenvalue weighted by Crippen LogP contribution is 2.40. The lowest BCUT2D eigenvalue weighted by molar-refractivity contribution is -0.0959. The predicted octanol–water partition coefficient (Wildman–Crippen LogP) is 3.27. The quantitative estimate of drug-likeness (QED) is 0.784. The summed E-state index contributed by atoms with van der Waals surface area (Å²) >= 11 is 2.00. The summed E-state index contributed by atoms with van der Waals surface area (Å²) in [5.41, 5.74) is 1.70. The number of nitrogens with zero attached hydrogens (tertiary/aromatic N) is 1. The molecular weight excluding hydrogens is 270 g/mol. The van der Waals surface area contributed by atoms with E-state index in [0.717, 1.165) is 55.1 Å². The van der Waals surface area contributed by atoms with E-state index >= 15 is 0 Å². The van der Waals surface area contributed by atoms with Gasteiger partial charge in [-0.2, -0.15) is 11.8 Å². The molecule has 0 amide bonds. The number of hydrogen-bond donors (Lipinski definition) is 0. The first-order valence-corrected chi connectivity index (χ1v) is 8.53. The van der Waals surface area contributed by atoms with Crippen LogP contribution >= 0.6 is 11.8 Å². The molecule has 0 saturated carbocycles. The lowest BCUT2D eigenvalue weighted by Crippen LogP contribution is -2.44. The van der Waals surface area contributed by atoms with Crippen LogP contribution in [0, 0.1) is 12.8 Å². The summed E-state index contributed by atoms with van der Waals surface area (Å²) < 4.78 is 6.07. The summed E-state index contributed by atoms with van der Waals surface area (Å²) in [7, 11) is 0. The second kappa shape index (κ2) is 5.86. The Kier molecular flexibility index (Phi) is 4.13. The third-order valence-electron chi connectivity index (χ3n) is 4.45. The maximum Gasteiger partial charge on any atom is 0.166 e. The first kappa shape index (κ1) is 14.1. The Balaban J connectivity index is 1.74. The molecule has 20 heavy (non-hydrogen) atoms. The molecule has 3 rings (SSSR count). The molecule has 1 atom stereocenters. The van der Waals surface area contributed by atoms with Crippen LogP contribution in [0.15, 0.2) is 18.3 Å². The summed E-state index contributed by atoms with van der Waals surface area (Å²) in [6.45, 7) is 2.66. The molecule has 2 aliphatic rings. The van der Waals surface area contributed by atoms with Crippen molar-refractivity contribution in [3.63, 3.8) is 0 Å². The number of thioether (sulfide) groups is 1. The molecule has 1 aromatic heterocycles. The van der Waals surface area contributed by atoms with Gasteiger partial charge < -0.3 is 4.74 Å². The second-order valence-corrected chi connectivity index (χ2v) is 7.11. The Morgan fingerprint density at radius 3 is 3.00 bits per heavy atom. The van der Waals surface area contributed by atoms with Crippen LogP contribution in [0.5, 0.6) is 0 Å². The van der Waals surface area contributed by atoms with Gasteiger partial charge in [-0.3, -0.25) is 9.78 Å². The lowest BCUT2D eigenvalue weighted by atomic mass is 9.79. The molecule has 1 aromatic rings. The largest absolute Gasteiger partial charge is 0.375 e. The Labute approximate surface area is 124 Å². The zero-order valence-electron chi connectivity index (χ0n) is 11.9. The summed E-state index contributed by atoms with van der Waals surface area (Å²) in [5, 5.41) is 0. The topological polar surface area (TPSA) is 39.2 Å². The Bertz CT molecular complexity index is 491. The van der Waals surface area contributed by atoms with Crippen molar-refractivity contribution < 1.29 is 9.53 Å². The van der Waals surface area contributed by atoms with Gasteiger partial charge >= 0.3 is 0 Å².